The minimum Gasteiger partial charge on any atom is -0.465 e. The summed E-state index contributed by atoms with van der Waals surface area (Å²) >= 11 is 1.37. The van der Waals surface area contributed by atoms with Gasteiger partial charge in [0.15, 0.2) is 0 Å². The van der Waals surface area contributed by atoms with Crippen LogP contribution in [0, 0.1) is 5.92 Å². The minimum absolute atomic E-state index is 0.0981. The molecule has 0 aliphatic carbocycles. The molecule has 1 aliphatic heterocycles. The van der Waals surface area contributed by atoms with Crippen molar-refractivity contribution in [1.82, 2.24) is 0 Å². The quantitative estimate of drug-likeness (QED) is 0.756. The van der Waals surface area contributed by atoms with Crippen molar-refractivity contribution in [1.29, 1.82) is 0 Å². The summed E-state index contributed by atoms with van der Waals surface area (Å²) in [5.41, 5.74) is 1.08. The third-order valence-electron chi connectivity index (χ3n) is 3.30. The molecule has 5 heteroatoms. The zero-order valence-electron chi connectivity index (χ0n) is 12.1. The first kappa shape index (κ1) is 16.0. The van der Waals surface area contributed by atoms with Crippen LogP contribution in [-0.2, 0) is 25.7 Å². The fourth-order valence-corrected chi connectivity index (χ4v) is 3.45. The molecule has 1 fully saturated rings. The van der Waals surface area contributed by atoms with Gasteiger partial charge in [-0.05, 0) is 12.5 Å². The summed E-state index contributed by atoms with van der Waals surface area (Å²) in [4.78, 5) is 23.5. The smallest absolute Gasteiger partial charge is 0.319 e. The van der Waals surface area contributed by atoms with Crippen molar-refractivity contribution < 1.29 is 19.1 Å². The Morgan fingerprint density at radius 1 is 1.33 bits per heavy atom. The highest BCUT2D eigenvalue weighted by Crippen LogP contribution is 2.30. The van der Waals surface area contributed by atoms with E-state index in [1.165, 1.54) is 11.8 Å². The van der Waals surface area contributed by atoms with E-state index in [-0.39, 0.29) is 22.9 Å². The predicted octanol–water partition coefficient (Wildman–Crippen LogP) is 2.46. The van der Waals surface area contributed by atoms with Gasteiger partial charge in [0.1, 0.15) is 11.0 Å². The molecular weight excluding hydrogens is 288 g/mol. The number of carbonyl (C=O) groups is 2. The number of Topliss-reactive ketones (excluding diaryl/α,β-unsaturated/α-hetero) is 1. The molecule has 1 saturated heterocycles. The number of ketones is 1. The Morgan fingerprint density at radius 3 is 2.81 bits per heavy atom. The highest BCUT2D eigenvalue weighted by atomic mass is 32.2. The van der Waals surface area contributed by atoms with E-state index in [4.69, 9.17) is 9.47 Å². The van der Waals surface area contributed by atoms with Crippen LogP contribution in [-0.4, -0.2) is 36.0 Å². The third-order valence-corrected chi connectivity index (χ3v) is 4.73. The number of benzene rings is 1. The van der Waals surface area contributed by atoms with Gasteiger partial charge in [0, 0.05) is 12.3 Å². The van der Waals surface area contributed by atoms with Gasteiger partial charge >= 0.3 is 5.97 Å². The fraction of sp³-hybridized carbons (Fsp3) is 0.500. The van der Waals surface area contributed by atoms with E-state index in [1.54, 1.807) is 6.92 Å². The maximum absolute atomic E-state index is 11.9. The van der Waals surface area contributed by atoms with Crippen molar-refractivity contribution in [2.75, 3.05) is 19.0 Å². The summed E-state index contributed by atoms with van der Waals surface area (Å²) in [6, 6.07) is 9.85. The number of thioether (sulfide) groups is 1. The van der Waals surface area contributed by atoms with Gasteiger partial charge in [-0.2, -0.15) is 0 Å². The lowest BCUT2D eigenvalue weighted by Crippen LogP contribution is -2.37. The van der Waals surface area contributed by atoms with Crippen LogP contribution in [0.3, 0.4) is 0 Å². The second kappa shape index (κ2) is 8.20. The van der Waals surface area contributed by atoms with Crippen LogP contribution >= 0.6 is 11.8 Å². The Morgan fingerprint density at radius 2 is 2.10 bits per heavy atom. The van der Waals surface area contributed by atoms with Crippen molar-refractivity contribution in [2.24, 2.45) is 5.92 Å². The molecule has 0 amide bonds. The zero-order valence-corrected chi connectivity index (χ0v) is 12.9. The molecule has 2 atom stereocenters. The largest absolute Gasteiger partial charge is 0.465 e. The molecule has 0 N–H and O–H groups in total. The van der Waals surface area contributed by atoms with Crippen LogP contribution in [0.15, 0.2) is 30.3 Å². The SMILES string of the molecule is CCOC(=O)[C@@H]1SCC(=O)C[C@@H]1COCc1ccccc1. The summed E-state index contributed by atoms with van der Waals surface area (Å²) in [6.07, 6.45) is 0.394. The Kier molecular flexibility index (Phi) is 6.26. The lowest BCUT2D eigenvalue weighted by atomic mass is 9.99. The van der Waals surface area contributed by atoms with Gasteiger partial charge in [-0.1, -0.05) is 30.3 Å². The summed E-state index contributed by atoms with van der Waals surface area (Å²) in [7, 11) is 0. The number of carbonyl (C=O) groups excluding carboxylic acids is 2. The first-order valence-electron chi connectivity index (χ1n) is 7.12. The Hall–Kier alpha value is -1.33. The molecule has 4 nitrogen and oxygen atoms in total. The summed E-state index contributed by atoms with van der Waals surface area (Å²) in [6.45, 7) is 3.04. The number of hydrogen-bond donors (Lipinski definition) is 0. The van der Waals surface area contributed by atoms with E-state index in [0.29, 0.717) is 32.0 Å². The second-order valence-corrected chi connectivity index (χ2v) is 6.12. The van der Waals surface area contributed by atoms with Gasteiger partial charge < -0.3 is 9.47 Å². The van der Waals surface area contributed by atoms with Gasteiger partial charge in [0.05, 0.1) is 25.6 Å². The number of hydrogen-bond acceptors (Lipinski definition) is 5. The molecule has 0 radical (unpaired) electrons. The molecule has 0 spiro atoms. The van der Waals surface area contributed by atoms with Gasteiger partial charge in [0.2, 0.25) is 0 Å². The molecule has 1 aliphatic rings. The molecule has 114 valence electrons. The Bertz CT molecular complexity index is 474. The van der Waals surface area contributed by atoms with Crippen LogP contribution in [0.1, 0.15) is 18.9 Å². The maximum Gasteiger partial charge on any atom is 0.319 e. The molecule has 21 heavy (non-hydrogen) atoms. The van der Waals surface area contributed by atoms with Gasteiger partial charge in [-0.3, -0.25) is 9.59 Å². The molecule has 1 heterocycles. The third kappa shape index (κ3) is 4.86. The van der Waals surface area contributed by atoms with Gasteiger partial charge in [-0.25, -0.2) is 0 Å². The standard InChI is InChI=1S/C16H20O4S/c1-2-20-16(18)15-13(8-14(17)11-21-15)10-19-9-12-6-4-3-5-7-12/h3-7,13,15H,2,8-11H2,1H3/t13-,15-/m1/s1. The van der Waals surface area contributed by atoms with E-state index in [0.717, 1.165) is 5.56 Å². The van der Waals surface area contributed by atoms with E-state index < -0.39 is 0 Å². The van der Waals surface area contributed by atoms with Crippen LogP contribution in [0.4, 0.5) is 0 Å². The zero-order chi connectivity index (χ0) is 15.1. The molecule has 0 unspecified atom stereocenters. The van der Waals surface area contributed by atoms with Crippen LogP contribution < -0.4 is 0 Å². The van der Waals surface area contributed by atoms with Crippen molar-refractivity contribution in [2.45, 2.75) is 25.2 Å². The fourth-order valence-electron chi connectivity index (χ4n) is 2.31. The van der Waals surface area contributed by atoms with E-state index in [9.17, 15) is 9.59 Å². The van der Waals surface area contributed by atoms with Gasteiger partial charge in [0.25, 0.3) is 0 Å². The summed E-state index contributed by atoms with van der Waals surface area (Å²) in [5, 5.41) is -0.293. The average Bonchev–Trinajstić information content (AvgIpc) is 2.49. The van der Waals surface area contributed by atoms with Crippen molar-refractivity contribution in [3.05, 3.63) is 35.9 Å². The maximum atomic E-state index is 11.9. The molecule has 0 aromatic heterocycles. The number of rotatable bonds is 6. The molecule has 2 rings (SSSR count). The normalized spacial score (nSPS) is 22.0. The molecule has 0 saturated carbocycles. The number of esters is 1. The minimum atomic E-state index is -0.293. The average molecular weight is 308 g/mol. The molecule has 1 aromatic rings. The van der Waals surface area contributed by atoms with Crippen LogP contribution in [0.5, 0.6) is 0 Å². The lowest BCUT2D eigenvalue weighted by molar-refractivity contribution is -0.144. The van der Waals surface area contributed by atoms with Gasteiger partial charge in [-0.15, -0.1) is 11.8 Å². The number of ether oxygens (including phenoxy) is 2. The van der Waals surface area contributed by atoms with Crippen molar-refractivity contribution in [3.8, 4) is 0 Å². The van der Waals surface area contributed by atoms with E-state index in [1.807, 2.05) is 30.3 Å². The second-order valence-electron chi connectivity index (χ2n) is 4.99. The predicted molar refractivity (Wildman–Crippen MR) is 82.1 cm³/mol. The highest BCUT2D eigenvalue weighted by molar-refractivity contribution is 8.01. The Balaban J connectivity index is 1.87. The Labute approximate surface area is 129 Å². The molecule has 1 aromatic carbocycles. The first-order chi connectivity index (χ1) is 10.2. The topological polar surface area (TPSA) is 52.6 Å². The first-order valence-corrected chi connectivity index (χ1v) is 8.17. The van der Waals surface area contributed by atoms with Crippen molar-refractivity contribution in [3.63, 3.8) is 0 Å². The van der Waals surface area contributed by atoms with E-state index >= 15 is 0 Å². The highest BCUT2D eigenvalue weighted by Gasteiger charge is 2.36. The van der Waals surface area contributed by atoms with Crippen LogP contribution in [0.25, 0.3) is 0 Å². The van der Waals surface area contributed by atoms with E-state index in [2.05, 4.69) is 0 Å². The summed E-state index contributed by atoms with van der Waals surface area (Å²) < 4.78 is 10.8. The van der Waals surface area contributed by atoms with Crippen molar-refractivity contribution >= 4 is 23.5 Å². The summed E-state index contributed by atoms with van der Waals surface area (Å²) in [5.74, 6) is 0.231. The lowest BCUT2D eigenvalue weighted by Gasteiger charge is -2.28. The van der Waals surface area contributed by atoms with Crippen LogP contribution in [0.2, 0.25) is 0 Å². The molecule has 0 bridgehead atoms. The molecular formula is C16H20O4S. The monoisotopic (exact) mass is 308 g/mol.